The minimum atomic E-state index is -0.292. The average Bonchev–Trinajstić information content (AvgIpc) is 2.88. The van der Waals surface area contributed by atoms with Crippen LogP contribution in [0.15, 0.2) is 18.2 Å². The number of fused-ring (bicyclic) bond motifs is 1. The highest BCUT2D eigenvalue weighted by Crippen LogP contribution is 2.38. The van der Waals surface area contributed by atoms with Gasteiger partial charge >= 0.3 is 7.12 Å². The largest absolute Gasteiger partial charge is 0.495 e. The topological polar surface area (TPSA) is 27.7 Å². The van der Waals surface area contributed by atoms with E-state index in [2.05, 4.69) is 45.9 Å². The molecule has 0 radical (unpaired) electrons. The third kappa shape index (κ3) is 2.02. The molecule has 0 bridgehead atoms. The van der Waals surface area contributed by atoms with Crippen molar-refractivity contribution in [3.8, 4) is 0 Å². The van der Waals surface area contributed by atoms with Crippen LogP contribution in [0.5, 0.6) is 0 Å². The maximum atomic E-state index is 6.18. The van der Waals surface area contributed by atoms with Crippen LogP contribution in [-0.2, 0) is 20.5 Å². The lowest BCUT2D eigenvalue weighted by Crippen LogP contribution is -2.41. The fourth-order valence-electron chi connectivity index (χ4n) is 3.08. The Morgan fingerprint density at radius 3 is 2.40 bits per heavy atom. The highest BCUT2D eigenvalue weighted by Gasteiger charge is 2.52. The van der Waals surface area contributed by atoms with Crippen molar-refractivity contribution in [2.75, 3.05) is 7.11 Å². The summed E-state index contributed by atoms with van der Waals surface area (Å²) in [4.78, 5) is 0. The van der Waals surface area contributed by atoms with Crippen molar-refractivity contribution in [2.45, 2.75) is 57.8 Å². The molecule has 2 aliphatic rings. The molecular weight excluding hydrogens is 251 g/mol. The van der Waals surface area contributed by atoms with Crippen molar-refractivity contribution in [2.24, 2.45) is 0 Å². The van der Waals surface area contributed by atoms with E-state index >= 15 is 0 Å². The first-order valence-corrected chi connectivity index (χ1v) is 7.36. The maximum absolute atomic E-state index is 6.18. The zero-order chi connectivity index (χ0) is 14.5. The van der Waals surface area contributed by atoms with Gasteiger partial charge in [0.1, 0.15) is 0 Å². The van der Waals surface area contributed by atoms with E-state index in [1.807, 2.05) is 0 Å². The van der Waals surface area contributed by atoms with Crippen molar-refractivity contribution in [3.05, 3.63) is 29.3 Å². The van der Waals surface area contributed by atoms with Crippen LogP contribution in [0, 0.1) is 0 Å². The molecule has 3 nitrogen and oxygen atoms in total. The molecule has 1 atom stereocenters. The third-order valence-corrected chi connectivity index (χ3v) is 5.04. The van der Waals surface area contributed by atoms with Crippen LogP contribution in [0.4, 0.5) is 0 Å². The summed E-state index contributed by atoms with van der Waals surface area (Å²) in [7, 11) is 1.51. The van der Waals surface area contributed by atoms with E-state index in [0.717, 1.165) is 12.8 Å². The Morgan fingerprint density at radius 2 is 1.80 bits per heavy atom. The summed E-state index contributed by atoms with van der Waals surface area (Å²) in [6.45, 7) is 8.37. The zero-order valence-corrected chi connectivity index (χ0v) is 13.0. The van der Waals surface area contributed by atoms with Gasteiger partial charge in [0, 0.05) is 7.11 Å². The van der Waals surface area contributed by atoms with E-state index in [1.165, 1.54) is 16.6 Å². The minimum Gasteiger partial charge on any atom is -0.399 e. The van der Waals surface area contributed by atoms with E-state index < -0.39 is 0 Å². The smallest absolute Gasteiger partial charge is 0.399 e. The quantitative estimate of drug-likeness (QED) is 0.776. The molecule has 1 aliphatic heterocycles. The lowest BCUT2D eigenvalue weighted by molar-refractivity contribution is 0.00578. The Balaban J connectivity index is 1.96. The van der Waals surface area contributed by atoms with Crippen LogP contribution in [0.25, 0.3) is 0 Å². The lowest BCUT2D eigenvalue weighted by atomic mass is 9.75. The summed E-state index contributed by atoms with van der Waals surface area (Å²) in [6, 6.07) is 6.36. The van der Waals surface area contributed by atoms with Gasteiger partial charge in [-0.25, -0.2) is 0 Å². The predicted molar refractivity (Wildman–Crippen MR) is 80.2 cm³/mol. The summed E-state index contributed by atoms with van der Waals surface area (Å²) in [5, 5.41) is 0. The molecule has 108 valence electrons. The number of rotatable bonds is 2. The molecule has 0 aromatic heterocycles. The first-order valence-electron chi connectivity index (χ1n) is 7.36. The lowest BCUT2D eigenvalue weighted by Gasteiger charge is -2.32. The van der Waals surface area contributed by atoms with Crippen molar-refractivity contribution in [1.29, 1.82) is 0 Å². The van der Waals surface area contributed by atoms with E-state index in [-0.39, 0.29) is 24.4 Å². The van der Waals surface area contributed by atoms with Crippen LogP contribution >= 0.6 is 0 Å². The fraction of sp³-hybridized carbons (Fsp3) is 0.625. The summed E-state index contributed by atoms with van der Waals surface area (Å²) < 4.78 is 17.9. The molecule has 20 heavy (non-hydrogen) atoms. The Morgan fingerprint density at radius 1 is 1.15 bits per heavy atom. The second-order valence-corrected chi connectivity index (χ2v) is 6.77. The molecule has 1 fully saturated rings. The minimum absolute atomic E-state index is 0.215. The van der Waals surface area contributed by atoms with Crippen LogP contribution in [0.1, 0.15) is 51.3 Å². The highest BCUT2D eigenvalue weighted by molar-refractivity contribution is 6.62. The molecule has 1 aliphatic carbocycles. The number of methoxy groups -OCH3 is 1. The van der Waals surface area contributed by atoms with Gasteiger partial charge in [-0.1, -0.05) is 18.2 Å². The Labute approximate surface area is 121 Å². The summed E-state index contributed by atoms with van der Waals surface area (Å²) in [6.07, 6.45) is 2.29. The second-order valence-electron chi connectivity index (χ2n) is 6.77. The van der Waals surface area contributed by atoms with Gasteiger partial charge in [-0.15, -0.1) is 0 Å². The van der Waals surface area contributed by atoms with Crippen molar-refractivity contribution in [3.63, 3.8) is 0 Å². The Hall–Kier alpha value is -0.835. The monoisotopic (exact) mass is 274 g/mol. The first-order chi connectivity index (χ1) is 9.36. The van der Waals surface area contributed by atoms with E-state index in [4.69, 9.17) is 14.0 Å². The molecule has 0 spiro atoms. The van der Waals surface area contributed by atoms with Crippen molar-refractivity contribution < 1.29 is 14.0 Å². The van der Waals surface area contributed by atoms with Gasteiger partial charge in [0.05, 0.1) is 17.3 Å². The van der Waals surface area contributed by atoms with Gasteiger partial charge in [0.25, 0.3) is 0 Å². The van der Waals surface area contributed by atoms with E-state index in [1.54, 1.807) is 7.11 Å². The molecule has 0 amide bonds. The number of benzene rings is 1. The second kappa shape index (κ2) is 4.59. The fourth-order valence-corrected chi connectivity index (χ4v) is 3.08. The van der Waals surface area contributed by atoms with Crippen LogP contribution in [0.3, 0.4) is 0 Å². The van der Waals surface area contributed by atoms with E-state index in [0.29, 0.717) is 0 Å². The molecule has 0 saturated carbocycles. The molecule has 0 unspecified atom stereocenters. The van der Waals surface area contributed by atoms with Crippen LogP contribution in [0.2, 0.25) is 0 Å². The standard InChI is InChI=1S/C16H23BO3/c1-15(2)16(3,4)20-17(19-15)13-8-6-7-12-11(13)9-10-14(12)18-5/h6-8,14H,9-10H2,1-5H3/t14-/m1/s1. The molecule has 1 saturated heterocycles. The average molecular weight is 274 g/mol. The summed E-state index contributed by atoms with van der Waals surface area (Å²) in [5.74, 6) is 0. The number of ether oxygens (including phenoxy) is 1. The van der Waals surface area contributed by atoms with Gasteiger partial charge in [0.2, 0.25) is 0 Å². The van der Waals surface area contributed by atoms with Crippen LogP contribution in [-0.4, -0.2) is 25.4 Å². The molecular formula is C16H23BO3. The van der Waals surface area contributed by atoms with Gasteiger partial charge in [0.15, 0.2) is 0 Å². The third-order valence-electron chi connectivity index (χ3n) is 5.04. The molecule has 0 N–H and O–H groups in total. The highest BCUT2D eigenvalue weighted by atomic mass is 16.7. The number of hydrogen-bond donors (Lipinski definition) is 0. The SMILES string of the molecule is CO[C@@H]1CCc2c(B3OC(C)(C)C(C)(C)O3)cccc21. The van der Waals surface area contributed by atoms with Crippen molar-refractivity contribution in [1.82, 2.24) is 0 Å². The Kier molecular flexibility index (Phi) is 3.24. The summed E-state index contributed by atoms with van der Waals surface area (Å²) in [5.41, 5.74) is 3.22. The first kappa shape index (κ1) is 14.1. The van der Waals surface area contributed by atoms with Gasteiger partial charge in [-0.05, 0) is 57.1 Å². The molecule has 1 heterocycles. The van der Waals surface area contributed by atoms with Crippen LogP contribution < -0.4 is 5.46 Å². The van der Waals surface area contributed by atoms with Crippen molar-refractivity contribution >= 4 is 12.6 Å². The van der Waals surface area contributed by atoms with Gasteiger partial charge < -0.3 is 14.0 Å². The molecule has 4 heteroatoms. The molecule has 1 aromatic rings. The van der Waals surface area contributed by atoms with E-state index in [9.17, 15) is 0 Å². The normalized spacial score (nSPS) is 26.9. The Bertz CT molecular complexity index is 508. The number of hydrogen-bond acceptors (Lipinski definition) is 3. The molecule has 3 rings (SSSR count). The predicted octanol–water partition coefficient (Wildman–Crippen LogP) is 2.62. The molecule has 1 aromatic carbocycles. The van der Waals surface area contributed by atoms with Gasteiger partial charge in [-0.3, -0.25) is 0 Å². The zero-order valence-electron chi connectivity index (χ0n) is 13.0. The van der Waals surface area contributed by atoms with Gasteiger partial charge in [-0.2, -0.15) is 0 Å². The maximum Gasteiger partial charge on any atom is 0.495 e. The summed E-state index contributed by atoms with van der Waals surface area (Å²) >= 11 is 0.